The summed E-state index contributed by atoms with van der Waals surface area (Å²) in [5.74, 6) is -2.45. The Balaban J connectivity index is 1.82. The smallest absolute Gasteiger partial charge is 0.293 e. The third-order valence-corrected chi connectivity index (χ3v) is 7.05. The van der Waals surface area contributed by atoms with Crippen LogP contribution in [0.4, 0.5) is 25.8 Å². The lowest BCUT2D eigenvalue weighted by molar-refractivity contribution is -0.387. The minimum absolute atomic E-state index is 0.00175. The molecule has 0 aromatic heterocycles. The Morgan fingerprint density at radius 2 is 1.39 bits per heavy atom. The number of rotatable bonds is 8. The first-order valence-corrected chi connectivity index (χ1v) is 11.8. The highest BCUT2D eigenvalue weighted by Crippen LogP contribution is 2.30. The van der Waals surface area contributed by atoms with Crippen molar-refractivity contribution in [1.82, 2.24) is 0 Å². The average molecular weight is 499 g/mol. The van der Waals surface area contributed by atoms with E-state index in [1.54, 1.807) is 0 Å². The van der Waals surface area contributed by atoms with Crippen LogP contribution in [0, 0.1) is 21.7 Å². The first-order valence-electron chi connectivity index (χ1n) is 8.86. The lowest BCUT2D eigenvalue weighted by atomic mass is 10.3. The number of benzene rings is 3. The first-order chi connectivity index (χ1) is 15.4. The van der Waals surface area contributed by atoms with Crippen LogP contribution < -0.4 is 14.2 Å². The summed E-state index contributed by atoms with van der Waals surface area (Å²) in [4.78, 5) is 9.29. The molecule has 14 heteroatoms. The van der Waals surface area contributed by atoms with Gasteiger partial charge in [0.15, 0.2) is 16.5 Å². The van der Waals surface area contributed by atoms with Gasteiger partial charge in [0, 0.05) is 11.4 Å². The number of nitrogens with one attached hydrogen (secondary N) is 2. The summed E-state index contributed by atoms with van der Waals surface area (Å²) in [6.45, 7) is 0. The molecule has 0 aliphatic carbocycles. The number of nitro benzene ring substituents is 1. The summed E-state index contributed by atoms with van der Waals surface area (Å²) < 4.78 is 85.5. The van der Waals surface area contributed by atoms with Gasteiger partial charge in [0.05, 0.1) is 23.0 Å². The minimum Gasteiger partial charge on any atom is -0.497 e. The van der Waals surface area contributed by atoms with E-state index in [0.717, 1.165) is 18.2 Å². The summed E-state index contributed by atoms with van der Waals surface area (Å²) in [7, 11) is -7.35. The molecule has 174 valence electrons. The number of ether oxygens (including phenoxy) is 1. The van der Waals surface area contributed by atoms with Crippen LogP contribution in [-0.4, -0.2) is 28.9 Å². The van der Waals surface area contributed by atoms with Crippen LogP contribution in [0.5, 0.6) is 5.75 Å². The molecule has 0 heterocycles. The van der Waals surface area contributed by atoms with Crippen LogP contribution >= 0.6 is 0 Å². The van der Waals surface area contributed by atoms with Crippen molar-refractivity contribution in [2.45, 2.75) is 9.79 Å². The average Bonchev–Trinajstić information content (AvgIpc) is 2.76. The second-order valence-corrected chi connectivity index (χ2v) is 9.79. The summed E-state index contributed by atoms with van der Waals surface area (Å²) in [6, 6.07) is 10.1. The van der Waals surface area contributed by atoms with Gasteiger partial charge >= 0.3 is 0 Å². The number of halogens is 2. The summed E-state index contributed by atoms with van der Waals surface area (Å²) in [6.07, 6.45) is 0. The molecule has 10 nitrogen and oxygen atoms in total. The van der Waals surface area contributed by atoms with Crippen LogP contribution in [0.1, 0.15) is 0 Å². The molecular formula is C19H15F2N3O7S2. The van der Waals surface area contributed by atoms with Crippen molar-refractivity contribution in [3.63, 3.8) is 0 Å². The Morgan fingerprint density at radius 1 is 0.818 bits per heavy atom. The molecule has 0 fully saturated rings. The molecular weight excluding hydrogens is 484 g/mol. The van der Waals surface area contributed by atoms with E-state index in [2.05, 4.69) is 9.44 Å². The highest BCUT2D eigenvalue weighted by molar-refractivity contribution is 7.93. The topological polar surface area (TPSA) is 145 Å². The number of hydrogen-bond donors (Lipinski definition) is 2. The largest absolute Gasteiger partial charge is 0.497 e. The lowest BCUT2D eigenvalue weighted by Gasteiger charge is -2.11. The predicted molar refractivity (Wildman–Crippen MR) is 114 cm³/mol. The van der Waals surface area contributed by atoms with E-state index in [4.69, 9.17) is 4.74 Å². The molecule has 0 saturated heterocycles. The van der Waals surface area contributed by atoms with Gasteiger partial charge in [0.25, 0.3) is 25.7 Å². The number of nitro groups is 1. The fraction of sp³-hybridized carbons (Fsp3) is 0.0526. The van der Waals surface area contributed by atoms with Gasteiger partial charge < -0.3 is 4.74 Å². The first kappa shape index (κ1) is 23.9. The van der Waals surface area contributed by atoms with E-state index in [1.165, 1.54) is 37.4 Å². The van der Waals surface area contributed by atoms with Gasteiger partial charge in [-0.2, -0.15) is 0 Å². The molecule has 0 aliphatic heterocycles. The van der Waals surface area contributed by atoms with E-state index in [9.17, 15) is 35.7 Å². The Hall–Kier alpha value is -3.78. The van der Waals surface area contributed by atoms with Crippen molar-refractivity contribution in [3.8, 4) is 5.75 Å². The standard InChI is InChI=1S/C19H15F2N3O7S2/c1-31-14-6-9-19(18(10-14)24(25)26)33(29,30)23-13-4-2-12(3-5-13)22-32(27,28)15-7-8-16(20)17(21)11-15/h2-11,22-23H,1H3. The van der Waals surface area contributed by atoms with Gasteiger partial charge in [-0.1, -0.05) is 0 Å². The fourth-order valence-corrected chi connectivity index (χ4v) is 4.95. The maximum atomic E-state index is 13.3. The molecule has 33 heavy (non-hydrogen) atoms. The molecule has 0 aliphatic rings. The van der Waals surface area contributed by atoms with Gasteiger partial charge in [-0.3, -0.25) is 19.6 Å². The Bertz CT molecular complexity index is 1430. The molecule has 2 N–H and O–H groups in total. The van der Waals surface area contributed by atoms with Gasteiger partial charge in [-0.05, 0) is 54.6 Å². The zero-order chi connectivity index (χ0) is 24.4. The molecule has 3 rings (SSSR count). The highest BCUT2D eigenvalue weighted by Gasteiger charge is 2.27. The number of nitrogens with zero attached hydrogens (tertiary/aromatic N) is 1. The monoisotopic (exact) mass is 499 g/mol. The molecule has 0 bridgehead atoms. The Kier molecular flexibility index (Phi) is 6.51. The van der Waals surface area contributed by atoms with E-state index in [-0.39, 0.29) is 17.1 Å². The molecule has 3 aromatic carbocycles. The van der Waals surface area contributed by atoms with Crippen molar-refractivity contribution < 1.29 is 35.3 Å². The van der Waals surface area contributed by atoms with Crippen molar-refractivity contribution in [3.05, 3.63) is 82.4 Å². The SMILES string of the molecule is COc1ccc(S(=O)(=O)Nc2ccc(NS(=O)(=O)c3ccc(F)c(F)c3)cc2)c([N+](=O)[O-])c1. The molecule has 3 aromatic rings. The second-order valence-electron chi connectivity index (χ2n) is 6.46. The third-order valence-electron chi connectivity index (χ3n) is 4.24. The van der Waals surface area contributed by atoms with E-state index in [1.807, 2.05) is 0 Å². The molecule has 0 radical (unpaired) electrons. The molecule has 0 spiro atoms. The highest BCUT2D eigenvalue weighted by atomic mass is 32.2. The van der Waals surface area contributed by atoms with E-state index in [0.29, 0.717) is 12.1 Å². The van der Waals surface area contributed by atoms with Gasteiger partial charge in [-0.15, -0.1) is 0 Å². The Labute approximate surface area is 187 Å². The molecule has 0 saturated carbocycles. The summed E-state index contributed by atoms with van der Waals surface area (Å²) in [5.41, 5.74) is -0.716. The number of methoxy groups -OCH3 is 1. The fourth-order valence-electron chi connectivity index (χ4n) is 2.67. The number of sulfonamides is 2. The maximum Gasteiger partial charge on any atom is 0.293 e. The lowest BCUT2D eigenvalue weighted by Crippen LogP contribution is -2.15. The minimum atomic E-state index is -4.38. The normalized spacial score (nSPS) is 11.6. The number of hydrogen-bond acceptors (Lipinski definition) is 7. The zero-order valence-electron chi connectivity index (χ0n) is 16.7. The van der Waals surface area contributed by atoms with Crippen molar-refractivity contribution >= 4 is 37.1 Å². The third kappa shape index (κ3) is 5.35. The van der Waals surface area contributed by atoms with Crippen LogP contribution in [0.2, 0.25) is 0 Å². The second kappa shape index (κ2) is 8.99. The quantitative estimate of drug-likeness (QED) is 0.356. The number of anilines is 2. The van der Waals surface area contributed by atoms with Gasteiger partial charge in [-0.25, -0.2) is 25.6 Å². The predicted octanol–water partition coefficient (Wildman–Crippen LogP) is 3.48. The molecule has 0 unspecified atom stereocenters. The summed E-state index contributed by atoms with van der Waals surface area (Å²) >= 11 is 0. The van der Waals surface area contributed by atoms with E-state index < -0.39 is 52.1 Å². The summed E-state index contributed by atoms with van der Waals surface area (Å²) in [5, 5.41) is 11.3. The van der Waals surface area contributed by atoms with Crippen LogP contribution in [0.25, 0.3) is 0 Å². The zero-order valence-corrected chi connectivity index (χ0v) is 18.3. The molecule has 0 atom stereocenters. The van der Waals surface area contributed by atoms with Crippen molar-refractivity contribution in [2.75, 3.05) is 16.6 Å². The Morgan fingerprint density at radius 3 is 1.91 bits per heavy atom. The van der Waals surface area contributed by atoms with Gasteiger partial charge in [0.2, 0.25) is 0 Å². The van der Waals surface area contributed by atoms with Crippen LogP contribution in [-0.2, 0) is 20.0 Å². The maximum absolute atomic E-state index is 13.3. The van der Waals surface area contributed by atoms with Crippen molar-refractivity contribution in [1.29, 1.82) is 0 Å². The van der Waals surface area contributed by atoms with Crippen molar-refractivity contribution in [2.24, 2.45) is 0 Å². The van der Waals surface area contributed by atoms with Crippen LogP contribution in [0.15, 0.2) is 70.5 Å². The van der Waals surface area contributed by atoms with Crippen LogP contribution in [0.3, 0.4) is 0 Å². The molecule has 0 amide bonds. The van der Waals surface area contributed by atoms with Gasteiger partial charge in [0.1, 0.15) is 5.75 Å². The van der Waals surface area contributed by atoms with E-state index >= 15 is 0 Å².